The van der Waals surface area contributed by atoms with Gasteiger partial charge in [-0.3, -0.25) is 0 Å². The Kier molecular flexibility index (Phi) is 4.49. The number of H-pyrrole nitrogens is 1. The number of anilines is 1. The number of aromatic hydroxyl groups is 1. The molecular formula is C16H9Cl2N5OS2. The van der Waals surface area contributed by atoms with Crippen LogP contribution in [0.5, 0.6) is 5.88 Å². The maximum Gasteiger partial charge on any atom is 0.220 e. The standard InChI is InChI=1S/C16H9Cl2N5OS2/c17-7-1-3-10-9(5-7)13(14(24)19-10)22-23-15(25)21-16-20-11-4-2-8(18)6-12(11)26-16/h1-6,19,24H,(H,20,21,25). The smallest absolute Gasteiger partial charge is 0.220 e. The van der Waals surface area contributed by atoms with Gasteiger partial charge in [0.05, 0.1) is 15.7 Å². The maximum atomic E-state index is 10.0. The highest BCUT2D eigenvalue weighted by Gasteiger charge is 2.11. The number of rotatable bonds is 2. The molecule has 6 nitrogen and oxygen atoms in total. The molecule has 4 rings (SSSR count). The first-order valence-electron chi connectivity index (χ1n) is 7.28. The first-order chi connectivity index (χ1) is 12.5. The molecule has 2 aromatic carbocycles. The van der Waals surface area contributed by atoms with E-state index in [1.807, 2.05) is 12.1 Å². The van der Waals surface area contributed by atoms with Crippen LogP contribution in [0.15, 0.2) is 46.6 Å². The number of thiazole rings is 1. The molecule has 0 saturated carbocycles. The lowest BCUT2D eigenvalue weighted by Gasteiger charge is -1.97. The zero-order valence-electron chi connectivity index (χ0n) is 12.8. The van der Waals surface area contributed by atoms with Crippen molar-refractivity contribution in [2.75, 3.05) is 5.32 Å². The molecule has 0 aliphatic carbocycles. The molecule has 0 bridgehead atoms. The lowest BCUT2D eigenvalue weighted by atomic mass is 10.2. The normalized spacial score (nSPS) is 11.6. The molecule has 0 radical (unpaired) electrons. The number of thiocarbonyl (C=S) groups is 1. The Bertz CT molecular complexity index is 1180. The topological polar surface area (TPSA) is 85.7 Å². The third kappa shape index (κ3) is 3.36. The largest absolute Gasteiger partial charge is 0.493 e. The Balaban J connectivity index is 1.57. The number of aromatic amines is 1. The third-order valence-corrected chi connectivity index (χ3v) is 5.11. The summed E-state index contributed by atoms with van der Waals surface area (Å²) < 4.78 is 0.934. The first kappa shape index (κ1) is 17.2. The van der Waals surface area contributed by atoms with Crippen LogP contribution in [0.2, 0.25) is 10.0 Å². The van der Waals surface area contributed by atoms with Crippen molar-refractivity contribution in [3.05, 3.63) is 46.4 Å². The minimum atomic E-state index is -0.108. The summed E-state index contributed by atoms with van der Waals surface area (Å²) in [6, 6.07) is 10.6. The molecule has 130 valence electrons. The molecule has 4 aromatic rings. The summed E-state index contributed by atoms with van der Waals surface area (Å²) in [7, 11) is 0. The summed E-state index contributed by atoms with van der Waals surface area (Å²) >= 11 is 18.6. The van der Waals surface area contributed by atoms with E-state index in [1.54, 1.807) is 24.3 Å². The summed E-state index contributed by atoms with van der Waals surface area (Å²) in [6.45, 7) is 0. The average molecular weight is 422 g/mol. The van der Waals surface area contributed by atoms with Gasteiger partial charge in [-0.2, -0.15) is 0 Å². The van der Waals surface area contributed by atoms with Gasteiger partial charge in [0.15, 0.2) is 10.8 Å². The number of benzene rings is 2. The molecule has 0 unspecified atom stereocenters. The first-order valence-corrected chi connectivity index (χ1v) is 9.27. The molecular weight excluding hydrogens is 413 g/mol. The molecule has 2 aromatic heterocycles. The quantitative estimate of drug-likeness (QED) is 0.263. The third-order valence-electron chi connectivity index (χ3n) is 3.52. The van der Waals surface area contributed by atoms with Gasteiger partial charge in [-0.15, -0.1) is 10.2 Å². The lowest BCUT2D eigenvalue weighted by Crippen LogP contribution is -2.04. The van der Waals surface area contributed by atoms with E-state index < -0.39 is 0 Å². The number of aromatic nitrogens is 2. The maximum absolute atomic E-state index is 10.0. The van der Waals surface area contributed by atoms with Crippen molar-refractivity contribution < 1.29 is 5.11 Å². The Labute approximate surface area is 166 Å². The van der Waals surface area contributed by atoms with Gasteiger partial charge in [0.2, 0.25) is 11.0 Å². The highest BCUT2D eigenvalue weighted by Crippen LogP contribution is 2.37. The van der Waals surface area contributed by atoms with E-state index in [2.05, 4.69) is 25.5 Å². The van der Waals surface area contributed by atoms with Crippen molar-refractivity contribution in [3.63, 3.8) is 0 Å². The molecule has 0 atom stereocenters. The number of azo groups is 1. The summed E-state index contributed by atoms with van der Waals surface area (Å²) in [5.74, 6) is -0.108. The van der Waals surface area contributed by atoms with E-state index in [1.165, 1.54) is 11.3 Å². The number of fused-ring (bicyclic) bond motifs is 2. The number of nitrogens with one attached hydrogen (secondary N) is 2. The number of hydrogen-bond donors (Lipinski definition) is 3. The van der Waals surface area contributed by atoms with E-state index in [0.717, 1.165) is 10.2 Å². The van der Waals surface area contributed by atoms with Crippen molar-refractivity contribution in [1.82, 2.24) is 9.97 Å². The summed E-state index contributed by atoms with van der Waals surface area (Å²) in [4.78, 5) is 7.21. The van der Waals surface area contributed by atoms with Crippen molar-refractivity contribution in [3.8, 4) is 5.88 Å². The lowest BCUT2D eigenvalue weighted by molar-refractivity contribution is 0.459. The van der Waals surface area contributed by atoms with Gasteiger partial charge in [0.25, 0.3) is 0 Å². The Hall–Kier alpha value is -2.26. The number of halogens is 2. The van der Waals surface area contributed by atoms with E-state index >= 15 is 0 Å². The second-order valence-electron chi connectivity index (χ2n) is 5.27. The SMILES string of the molecule is Oc1[nH]c2ccc(Cl)cc2c1N=NC(=S)Nc1nc2ccc(Cl)cc2s1. The van der Waals surface area contributed by atoms with Crippen molar-refractivity contribution in [2.24, 2.45) is 10.2 Å². The second kappa shape index (κ2) is 6.81. The van der Waals surface area contributed by atoms with Gasteiger partial charge in [0.1, 0.15) is 0 Å². The Morgan fingerprint density at radius 2 is 1.96 bits per heavy atom. The minimum absolute atomic E-state index is 0.108. The number of hydrogen-bond acceptors (Lipinski definition) is 5. The predicted octanol–water partition coefficient (Wildman–Crippen LogP) is 6.27. The molecule has 0 aliphatic heterocycles. The average Bonchev–Trinajstić information content (AvgIpc) is 3.12. The molecule has 2 heterocycles. The van der Waals surface area contributed by atoms with Crippen molar-refractivity contribution in [2.45, 2.75) is 0 Å². The van der Waals surface area contributed by atoms with Crippen LogP contribution >= 0.6 is 46.8 Å². The van der Waals surface area contributed by atoms with Gasteiger partial charge >= 0.3 is 0 Å². The van der Waals surface area contributed by atoms with Gasteiger partial charge in [0, 0.05) is 15.4 Å². The van der Waals surface area contributed by atoms with Crippen LogP contribution in [-0.2, 0) is 0 Å². The van der Waals surface area contributed by atoms with Crippen LogP contribution < -0.4 is 5.32 Å². The van der Waals surface area contributed by atoms with Crippen LogP contribution in [0.1, 0.15) is 0 Å². The van der Waals surface area contributed by atoms with Crippen LogP contribution in [0, 0.1) is 0 Å². The van der Waals surface area contributed by atoms with E-state index in [4.69, 9.17) is 35.4 Å². The number of nitrogens with zero attached hydrogens (tertiary/aromatic N) is 3. The zero-order valence-corrected chi connectivity index (χ0v) is 16.0. The van der Waals surface area contributed by atoms with Crippen LogP contribution in [0.4, 0.5) is 10.8 Å². The second-order valence-corrected chi connectivity index (χ2v) is 7.56. The van der Waals surface area contributed by atoms with Gasteiger partial charge in [-0.1, -0.05) is 34.5 Å². The molecule has 0 aliphatic rings. The monoisotopic (exact) mass is 421 g/mol. The van der Waals surface area contributed by atoms with Gasteiger partial charge in [-0.05, 0) is 48.6 Å². The molecule has 0 fully saturated rings. The molecule has 10 heteroatoms. The Morgan fingerprint density at radius 3 is 2.81 bits per heavy atom. The molecule has 3 N–H and O–H groups in total. The van der Waals surface area contributed by atoms with E-state index in [0.29, 0.717) is 26.1 Å². The van der Waals surface area contributed by atoms with Crippen molar-refractivity contribution in [1.29, 1.82) is 0 Å². The fourth-order valence-corrected chi connectivity index (χ4v) is 3.92. The molecule has 0 saturated heterocycles. The van der Waals surface area contributed by atoms with Crippen LogP contribution in [0.25, 0.3) is 21.1 Å². The predicted molar refractivity (Wildman–Crippen MR) is 110 cm³/mol. The van der Waals surface area contributed by atoms with E-state index in [9.17, 15) is 5.11 Å². The van der Waals surface area contributed by atoms with E-state index in [-0.39, 0.29) is 16.7 Å². The zero-order chi connectivity index (χ0) is 18.3. The van der Waals surface area contributed by atoms with Gasteiger partial charge < -0.3 is 15.4 Å². The fraction of sp³-hybridized carbons (Fsp3) is 0. The fourth-order valence-electron chi connectivity index (χ4n) is 2.40. The highest BCUT2D eigenvalue weighted by atomic mass is 35.5. The summed E-state index contributed by atoms with van der Waals surface area (Å²) in [5, 5.41) is 23.4. The minimum Gasteiger partial charge on any atom is -0.493 e. The Morgan fingerprint density at radius 1 is 1.19 bits per heavy atom. The van der Waals surface area contributed by atoms with Gasteiger partial charge in [-0.25, -0.2) is 4.98 Å². The van der Waals surface area contributed by atoms with Crippen LogP contribution in [-0.4, -0.2) is 20.2 Å². The molecule has 26 heavy (non-hydrogen) atoms. The highest BCUT2D eigenvalue weighted by molar-refractivity contribution is 7.80. The summed E-state index contributed by atoms with van der Waals surface area (Å²) in [5.41, 5.74) is 1.77. The molecule has 0 spiro atoms. The van der Waals surface area contributed by atoms with Crippen LogP contribution in [0.3, 0.4) is 0 Å². The summed E-state index contributed by atoms with van der Waals surface area (Å²) in [6.07, 6.45) is 0. The van der Waals surface area contributed by atoms with Crippen molar-refractivity contribution >= 4 is 83.8 Å². The molecule has 0 amide bonds.